The minimum atomic E-state index is -0.434. The predicted octanol–water partition coefficient (Wildman–Crippen LogP) is 3.67. The summed E-state index contributed by atoms with van der Waals surface area (Å²) in [5, 5.41) is 16.5. The van der Waals surface area contributed by atoms with Gasteiger partial charge in [0.25, 0.3) is 11.6 Å². The van der Waals surface area contributed by atoms with Crippen LogP contribution in [0.25, 0.3) is 11.3 Å². The van der Waals surface area contributed by atoms with Gasteiger partial charge < -0.3 is 4.42 Å². The molecule has 1 aromatic heterocycles. The first-order valence-corrected chi connectivity index (χ1v) is 8.65. The maximum Gasteiger partial charge on any atom is 0.280 e. The van der Waals surface area contributed by atoms with Crippen LogP contribution in [0.4, 0.5) is 5.69 Å². The van der Waals surface area contributed by atoms with Crippen LogP contribution in [-0.2, 0) is 4.79 Å². The first-order chi connectivity index (χ1) is 11.9. The highest BCUT2D eigenvalue weighted by molar-refractivity contribution is 8.23. The van der Waals surface area contributed by atoms with Crippen molar-refractivity contribution < 1.29 is 14.1 Å². The third-order valence-corrected chi connectivity index (χ3v) is 5.07. The van der Waals surface area contributed by atoms with Crippen LogP contribution in [0.2, 0.25) is 0 Å². The molecule has 0 saturated carbocycles. The second-order valence-electron chi connectivity index (χ2n) is 5.42. The number of amides is 1. The van der Waals surface area contributed by atoms with E-state index in [1.165, 1.54) is 24.0 Å². The van der Waals surface area contributed by atoms with Crippen molar-refractivity contribution in [2.24, 2.45) is 5.10 Å². The molecule has 1 fully saturated rings. The predicted molar refractivity (Wildman–Crippen MR) is 99.8 cm³/mol. The molecule has 9 heteroatoms. The van der Waals surface area contributed by atoms with E-state index >= 15 is 0 Å². The molecule has 1 aromatic carbocycles. The van der Waals surface area contributed by atoms with Gasteiger partial charge in [-0.25, -0.2) is 0 Å². The Bertz CT molecular complexity index is 904. The fourth-order valence-corrected chi connectivity index (χ4v) is 3.26. The van der Waals surface area contributed by atoms with Crippen molar-refractivity contribution in [3.63, 3.8) is 0 Å². The quantitative estimate of drug-likeness (QED) is 0.351. The Balaban J connectivity index is 1.92. The van der Waals surface area contributed by atoms with E-state index in [4.69, 9.17) is 16.6 Å². The molecule has 0 unspecified atom stereocenters. The van der Waals surface area contributed by atoms with Gasteiger partial charge >= 0.3 is 0 Å². The lowest BCUT2D eigenvalue weighted by Gasteiger charge is -2.06. The van der Waals surface area contributed by atoms with E-state index in [2.05, 4.69) is 5.10 Å². The van der Waals surface area contributed by atoms with Crippen LogP contribution >= 0.6 is 24.0 Å². The minimum Gasteiger partial charge on any atom is -0.455 e. The fraction of sp³-hybridized carbons (Fsp3) is 0.188. The second kappa shape index (κ2) is 6.77. The molecule has 0 aliphatic carbocycles. The van der Waals surface area contributed by atoms with Crippen molar-refractivity contribution in [2.45, 2.75) is 13.8 Å². The molecule has 0 spiro atoms. The molecule has 0 N–H and O–H groups in total. The first kappa shape index (κ1) is 17.3. The standard InChI is InChI=1S/C16H13N3O4S2/c1-9-5-12(13(19(21)22)6-10(9)2)14-4-3-11(23-14)7-17-18-15(20)8-25-16(18)24/h3-7H,8H2,1-2H3/b17-7-. The van der Waals surface area contributed by atoms with Crippen molar-refractivity contribution in [1.29, 1.82) is 0 Å². The van der Waals surface area contributed by atoms with Crippen LogP contribution in [-0.4, -0.2) is 32.1 Å². The van der Waals surface area contributed by atoms with Crippen molar-refractivity contribution in [3.05, 3.63) is 51.3 Å². The molecular weight excluding hydrogens is 362 g/mol. The highest BCUT2D eigenvalue weighted by atomic mass is 32.2. The van der Waals surface area contributed by atoms with Crippen LogP contribution in [0.5, 0.6) is 0 Å². The molecule has 3 rings (SSSR count). The van der Waals surface area contributed by atoms with E-state index in [1.54, 1.807) is 18.2 Å². The topological polar surface area (TPSA) is 89.0 Å². The number of benzene rings is 1. The Hall–Kier alpha value is -2.52. The van der Waals surface area contributed by atoms with Crippen molar-refractivity contribution >= 4 is 46.1 Å². The molecule has 1 aliphatic rings. The van der Waals surface area contributed by atoms with Crippen LogP contribution in [0.15, 0.2) is 33.8 Å². The highest BCUT2D eigenvalue weighted by Crippen LogP contribution is 2.33. The molecule has 1 amide bonds. The molecule has 25 heavy (non-hydrogen) atoms. The molecule has 128 valence electrons. The minimum absolute atomic E-state index is 0.0202. The van der Waals surface area contributed by atoms with E-state index in [0.29, 0.717) is 21.4 Å². The molecule has 2 heterocycles. The largest absolute Gasteiger partial charge is 0.455 e. The molecule has 1 aliphatic heterocycles. The van der Waals surface area contributed by atoms with E-state index in [0.717, 1.165) is 16.1 Å². The highest BCUT2D eigenvalue weighted by Gasteiger charge is 2.26. The number of thioether (sulfide) groups is 1. The Morgan fingerprint density at radius 1 is 1.36 bits per heavy atom. The summed E-state index contributed by atoms with van der Waals surface area (Å²) in [6.45, 7) is 3.70. The number of hydrogen-bond acceptors (Lipinski definition) is 7. The molecular formula is C16H13N3O4S2. The Morgan fingerprint density at radius 2 is 2.08 bits per heavy atom. The summed E-state index contributed by atoms with van der Waals surface area (Å²) in [4.78, 5) is 22.5. The van der Waals surface area contributed by atoms with Gasteiger partial charge in [-0.3, -0.25) is 14.9 Å². The summed E-state index contributed by atoms with van der Waals surface area (Å²) in [6.07, 6.45) is 1.37. The monoisotopic (exact) mass is 375 g/mol. The number of nitro benzene ring substituents is 1. The van der Waals surface area contributed by atoms with Crippen LogP contribution < -0.4 is 0 Å². The van der Waals surface area contributed by atoms with E-state index < -0.39 is 4.92 Å². The first-order valence-electron chi connectivity index (χ1n) is 7.26. The summed E-state index contributed by atoms with van der Waals surface area (Å²) in [5.41, 5.74) is 2.14. The normalized spacial score (nSPS) is 14.7. The lowest BCUT2D eigenvalue weighted by Crippen LogP contribution is -2.22. The van der Waals surface area contributed by atoms with Crippen LogP contribution in [0, 0.1) is 24.0 Å². The molecule has 1 saturated heterocycles. The fourth-order valence-electron chi connectivity index (χ4n) is 2.29. The van der Waals surface area contributed by atoms with Gasteiger partial charge in [0.2, 0.25) is 0 Å². The Kier molecular flexibility index (Phi) is 4.69. The van der Waals surface area contributed by atoms with Gasteiger partial charge in [-0.15, -0.1) is 0 Å². The van der Waals surface area contributed by atoms with Gasteiger partial charge in [0, 0.05) is 6.07 Å². The number of nitro groups is 1. The SMILES string of the molecule is Cc1cc(-c2ccc(/C=N\N3C(=O)CSC3=S)o2)c([N+](=O)[O-])cc1C. The van der Waals surface area contributed by atoms with E-state index in [-0.39, 0.29) is 17.3 Å². The van der Waals surface area contributed by atoms with Crippen LogP contribution in [0.1, 0.15) is 16.9 Å². The maximum absolute atomic E-state index is 11.6. The van der Waals surface area contributed by atoms with Gasteiger partial charge in [-0.1, -0.05) is 24.0 Å². The third kappa shape index (κ3) is 3.47. The second-order valence-corrected chi connectivity index (χ2v) is 7.03. The van der Waals surface area contributed by atoms with Crippen molar-refractivity contribution in [3.8, 4) is 11.3 Å². The lowest BCUT2D eigenvalue weighted by molar-refractivity contribution is -0.384. The van der Waals surface area contributed by atoms with Crippen molar-refractivity contribution in [1.82, 2.24) is 5.01 Å². The van der Waals surface area contributed by atoms with Gasteiger partial charge in [0.1, 0.15) is 11.5 Å². The maximum atomic E-state index is 11.6. The van der Waals surface area contributed by atoms with E-state index in [1.807, 2.05) is 13.8 Å². The number of hydrazone groups is 1. The Labute approximate surface area is 152 Å². The number of nitrogens with zero attached hydrogens (tertiary/aromatic N) is 3. The molecule has 0 atom stereocenters. The van der Waals surface area contributed by atoms with Gasteiger partial charge in [-0.2, -0.15) is 10.1 Å². The molecule has 0 radical (unpaired) electrons. The summed E-state index contributed by atoms with van der Waals surface area (Å²) >= 11 is 6.28. The zero-order valence-electron chi connectivity index (χ0n) is 13.4. The summed E-state index contributed by atoms with van der Waals surface area (Å²) in [5.74, 6) is 0.813. The zero-order chi connectivity index (χ0) is 18.1. The van der Waals surface area contributed by atoms with Gasteiger partial charge in [0.05, 0.1) is 22.5 Å². The Morgan fingerprint density at radius 3 is 2.72 bits per heavy atom. The average Bonchev–Trinajstić information content (AvgIpc) is 3.15. The summed E-state index contributed by atoms with van der Waals surface area (Å²) in [7, 11) is 0. The summed E-state index contributed by atoms with van der Waals surface area (Å²) < 4.78 is 6.03. The number of furan rings is 1. The summed E-state index contributed by atoms with van der Waals surface area (Å²) in [6, 6.07) is 6.52. The molecule has 7 nitrogen and oxygen atoms in total. The molecule has 0 bridgehead atoms. The van der Waals surface area contributed by atoms with Gasteiger partial charge in [0.15, 0.2) is 4.32 Å². The van der Waals surface area contributed by atoms with Crippen LogP contribution in [0.3, 0.4) is 0 Å². The zero-order valence-corrected chi connectivity index (χ0v) is 15.0. The smallest absolute Gasteiger partial charge is 0.280 e. The lowest BCUT2D eigenvalue weighted by atomic mass is 10.0. The number of thiocarbonyl (C=S) groups is 1. The number of carbonyl (C=O) groups excluding carboxylic acids is 1. The number of rotatable bonds is 4. The number of carbonyl (C=O) groups is 1. The number of aryl methyl sites for hydroxylation is 2. The van der Waals surface area contributed by atoms with Crippen molar-refractivity contribution in [2.75, 3.05) is 5.75 Å². The third-order valence-electron chi connectivity index (χ3n) is 3.73. The number of hydrogen-bond donors (Lipinski definition) is 0. The van der Waals surface area contributed by atoms with Gasteiger partial charge in [-0.05, 0) is 43.2 Å². The average molecular weight is 375 g/mol. The van der Waals surface area contributed by atoms with E-state index in [9.17, 15) is 14.9 Å². The molecule has 2 aromatic rings.